The van der Waals surface area contributed by atoms with Crippen LogP contribution in [0.2, 0.25) is 0 Å². The van der Waals surface area contributed by atoms with Crippen LogP contribution in [-0.4, -0.2) is 18.9 Å². The molecule has 0 unspecified atom stereocenters. The maximum absolute atomic E-state index is 12.2. The third kappa shape index (κ3) is 1.71. The Hall–Kier alpha value is -0.860. The van der Waals surface area contributed by atoms with Crippen LogP contribution >= 0.6 is 0 Å². The number of hydrogen-bond acceptors (Lipinski definition) is 3. The van der Waals surface area contributed by atoms with Crippen LogP contribution in [0.15, 0.2) is 0 Å². The predicted octanol–water partition coefficient (Wildman–Crippen LogP) is 2.73. The number of fused-ring (bicyclic) bond motifs is 1. The van der Waals surface area contributed by atoms with E-state index in [4.69, 9.17) is 4.74 Å². The lowest BCUT2D eigenvalue weighted by Gasteiger charge is -2.52. The van der Waals surface area contributed by atoms with Crippen molar-refractivity contribution in [3.63, 3.8) is 0 Å². The zero-order valence-corrected chi connectivity index (χ0v) is 11.0. The summed E-state index contributed by atoms with van der Waals surface area (Å²) >= 11 is 0. The van der Waals surface area contributed by atoms with Crippen molar-refractivity contribution in [2.75, 3.05) is 7.11 Å². The van der Waals surface area contributed by atoms with Crippen LogP contribution in [0.5, 0.6) is 0 Å². The third-order valence-electron chi connectivity index (χ3n) is 5.12. The Balaban J connectivity index is 2.37. The van der Waals surface area contributed by atoms with Crippen molar-refractivity contribution in [3.8, 4) is 0 Å². The van der Waals surface area contributed by atoms with Gasteiger partial charge in [-0.3, -0.25) is 9.59 Å². The molecule has 2 saturated carbocycles. The molecule has 3 nitrogen and oxygen atoms in total. The molecule has 0 amide bonds. The maximum atomic E-state index is 12.2. The smallest absolute Gasteiger partial charge is 0.311 e. The number of hydrogen-bond donors (Lipinski definition) is 0. The van der Waals surface area contributed by atoms with Crippen molar-refractivity contribution in [2.24, 2.45) is 16.7 Å². The second-order valence-corrected chi connectivity index (χ2v) is 6.05. The van der Waals surface area contributed by atoms with Crippen LogP contribution in [0, 0.1) is 16.7 Å². The van der Waals surface area contributed by atoms with Gasteiger partial charge in [0.25, 0.3) is 0 Å². The lowest BCUT2D eigenvalue weighted by molar-refractivity contribution is -0.168. The summed E-state index contributed by atoms with van der Waals surface area (Å²) in [6, 6.07) is 0. The van der Waals surface area contributed by atoms with Crippen LogP contribution < -0.4 is 0 Å². The van der Waals surface area contributed by atoms with Gasteiger partial charge < -0.3 is 4.74 Å². The number of ether oxygens (including phenoxy) is 1. The van der Waals surface area contributed by atoms with Crippen LogP contribution in [-0.2, 0) is 14.3 Å². The summed E-state index contributed by atoms with van der Waals surface area (Å²) in [5.41, 5.74) is -0.753. The fraction of sp³-hybridized carbons (Fsp3) is 0.857. The average Bonchev–Trinajstić information content (AvgIpc) is 2.30. The minimum absolute atomic E-state index is 0.136. The molecule has 0 aliphatic heterocycles. The van der Waals surface area contributed by atoms with E-state index in [1.807, 2.05) is 6.92 Å². The molecule has 0 aromatic rings. The molecule has 3 heteroatoms. The van der Waals surface area contributed by atoms with Crippen LogP contribution in [0.25, 0.3) is 0 Å². The van der Waals surface area contributed by atoms with Crippen molar-refractivity contribution >= 4 is 11.8 Å². The zero-order valence-electron chi connectivity index (χ0n) is 11.0. The van der Waals surface area contributed by atoms with Gasteiger partial charge in [-0.1, -0.05) is 13.3 Å². The molecule has 0 saturated heterocycles. The summed E-state index contributed by atoms with van der Waals surface area (Å²) < 4.78 is 4.97. The molecule has 0 bridgehead atoms. The molecule has 2 aliphatic carbocycles. The van der Waals surface area contributed by atoms with Gasteiger partial charge in [-0.05, 0) is 38.5 Å². The van der Waals surface area contributed by atoms with Crippen molar-refractivity contribution < 1.29 is 14.3 Å². The van der Waals surface area contributed by atoms with Gasteiger partial charge in [-0.25, -0.2) is 0 Å². The largest absolute Gasteiger partial charge is 0.469 e. The van der Waals surface area contributed by atoms with Crippen molar-refractivity contribution in [3.05, 3.63) is 0 Å². The number of ketones is 1. The third-order valence-corrected chi connectivity index (χ3v) is 5.12. The fourth-order valence-corrected chi connectivity index (χ4v) is 4.08. The molecular weight excluding hydrogens is 216 g/mol. The Kier molecular flexibility index (Phi) is 3.04. The van der Waals surface area contributed by atoms with E-state index in [1.54, 1.807) is 0 Å². The lowest BCUT2D eigenvalue weighted by atomic mass is 9.50. The number of carbonyl (C=O) groups is 2. The second kappa shape index (κ2) is 4.11. The van der Waals surface area contributed by atoms with E-state index in [2.05, 4.69) is 6.92 Å². The highest BCUT2D eigenvalue weighted by Crippen LogP contribution is 2.56. The summed E-state index contributed by atoms with van der Waals surface area (Å²) in [7, 11) is 1.45. The van der Waals surface area contributed by atoms with E-state index in [0.29, 0.717) is 12.2 Å². The summed E-state index contributed by atoms with van der Waals surface area (Å²) in [6.45, 7) is 4.04. The van der Waals surface area contributed by atoms with Crippen molar-refractivity contribution in [2.45, 2.75) is 52.4 Å². The molecule has 17 heavy (non-hydrogen) atoms. The summed E-state index contributed by atoms with van der Waals surface area (Å²) in [6.07, 6.45) is 5.32. The number of methoxy groups -OCH3 is 1. The number of carbonyl (C=O) groups excluding carboxylic acids is 2. The monoisotopic (exact) mass is 238 g/mol. The SMILES string of the molecule is COC(=O)[C@@]1(C)CCC[C@]2(C)C(=O)CCC[C@H]21. The first-order valence-corrected chi connectivity index (χ1v) is 6.57. The molecule has 96 valence electrons. The molecule has 0 radical (unpaired) electrons. The second-order valence-electron chi connectivity index (χ2n) is 6.05. The Bertz CT molecular complexity index is 349. The number of Topliss-reactive ketones (excluding diaryl/α,β-unsaturated/α-hetero) is 1. The van der Waals surface area contributed by atoms with Crippen molar-refractivity contribution in [1.29, 1.82) is 0 Å². The van der Waals surface area contributed by atoms with Crippen LogP contribution in [0.4, 0.5) is 0 Å². The van der Waals surface area contributed by atoms with Gasteiger partial charge in [0.2, 0.25) is 0 Å². The quantitative estimate of drug-likeness (QED) is 0.660. The minimum Gasteiger partial charge on any atom is -0.469 e. The fourth-order valence-electron chi connectivity index (χ4n) is 4.08. The molecule has 2 fully saturated rings. The Labute approximate surface area is 103 Å². The van der Waals surface area contributed by atoms with Gasteiger partial charge in [-0.15, -0.1) is 0 Å². The molecule has 2 rings (SSSR count). The van der Waals surface area contributed by atoms with E-state index in [9.17, 15) is 9.59 Å². The van der Waals surface area contributed by atoms with Gasteiger partial charge in [0, 0.05) is 11.8 Å². The lowest BCUT2D eigenvalue weighted by Crippen LogP contribution is -2.53. The van der Waals surface area contributed by atoms with E-state index < -0.39 is 5.41 Å². The summed E-state index contributed by atoms with van der Waals surface area (Å²) in [4.78, 5) is 24.3. The van der Waals surface area contributed by atoms with Gasteiger partial charge in [-0.2, -0.15) is 0 Å². The molecule has 0 aromatic heterocycles. The first kappa shape index (κ1) is 12.6. The van der Waals surface area contributed by atoms with E-state index in [0.717, 1.165) is 32.1 Å². The molecule has 0 aromatic carbocycles. The molecule has 3 atom stereocenters. The number of esters is 1. The summed E-state index contributed by atoms with van der Waals surface area (Å²) in [5.74, 6) is 0.379. The van der Waals surface area contributed by atoms with E-state index >= 15 is 0 Å². The standard InChI is InChI=1S/C14H22O3/c1-13-8-5-9-14(2,12(16)17-3)10(13)6-4-7-11(13)15/h10H,4-9H2,1-3H3/t10-,13+,14+/m1/s1. The summed E-state index contributed by atoms with van der Waals surface area (Å²) in [5, 5.41) is 0. The van der Waals surface area contributed by atoms with Gasteiger partial charge >= 0.3 is 5.97 Å². The van der Waals surface area contributed by atoms with Crippen molar-refractivity contribution in [1.82, 2.24) is 0 Å². The Morgan fingerprint density at radius 3 is 2.65 bits per heavy atom. The number of rotatable bonds is 1. The predicted molar refractivity (Wildman–Crippen MR) is 64.4 cm³/mol. The highest BCUT2D eigenvalue weighted by Gasteiger charge is 2.57. The zero-order chi connectivity index (χ0) is 12.7. The van der Waals surface area contributed by atoms with Gasteiger partial charge in [0.15, 0.2) is 0 Å². The van der Waals surface area contributed by atoms with Crippen LogP contribution in [0.3, 0.4) is 0 Å². The normalized spacial score (nSPS) is 41.8. The molecule has 0 heterocycles. The topological polar surface area (TPSA) is 43.4 Å². The first-order valence-electron chi connectivity index (χ1n) is 6.57. The average molecular weight is 238 g/mol. The van der Waals surface area contributed by atoms with E-state index in [-0.39, 0.29) is 17.3 Å². The van der Waals surface area contributed by atoms with Crippen LogP contribution in [0.1, 0.15) is 52.4 Å². The Morgan fingerprint density at radius 1 is 1.29 bits per heavy atom. The Morgan fingerprint density at radius 2 is 2.00 bits per heavy atom. The van der Waals surface area contributed by atoms with Gasteiger partial charge in [0.1, 0.15) is 5.78 Å². The first-order chi connectivity index (χ1) is 7.95. The molecular formula is C14H22O3. The van der Waals surface area contributed by atoms with Gasteiger partial charge in [0.05, 0.1) is 12.5 Å². The maximum Gasteiger partial charge on any atom is 0.311 e. The molecule has 0 N–H and O–H groups in total. The highest BCUT2D eigenvalue weighted by atomic mass is 16.5. The molecule has 2 aliphatic rings. The van der Waals surface area contributed by atoms with E-state index in [1.165, 1.54) is 7.11 Å². The minimum atomic E-state index is -0.460. The molecule has 0 spiro atoms. The highest BCUT2D eigenvalue weighted by molar-refractivity contribution is 5.87.